The maximum atomic E-state index is 5.59. The van der Waals surface area contributed by atoms with E-state index in [9.17, 15) is 0 Å². The normalized spacial score (nSPS) is 11.5. The molecule has 0 saturated carbocycles. The SMILES string of the molecule is C=c1ccnc(N)/c1=C/NC. The highest BCUT2D eigenvalue weighted by molar-refractivity contribution is 5.38. The van der Waals surface area contributed by atoms with Crippen molar-refractivity contribution < 1.29 is 0 Å². The number of aromatic nitrogens is 1. The van der Waals surface area contributed by atoms with Crippen molar-refractivity contribution in [1.29, 1.82) is 0 Å². The first-order valence-corrected chi connectivity index (χ1v) is 3.32. The third kappa shape index (κ3) is 1.49. The van der Waals surface area contributed by atoms with E-state index < -0.39 is 0 Å². The van der Waals surface area contributed by atoms with Crippen LogP contribution in [0.3, 0.4) is 0 Å². The lowest BCUT2D eigenvalue weighted by Crippen LogP contribution is -2.29. The summed E-state index contributed by atoms with van der Waals surface area (Å²) >= 11 is 0. The van der Waals surface area contributed by atoms with Crippen molar-refractivity contribution in [2.24, 2.45) is 0 Å². The Morgan fingerprint density at radius 1 is 1.73 bits per heavy atom. The predicted octanol–water partition coefficient (Wildman–Crippen LogP) is -0.968. The van der Waals surface area contributed by atoms with Crippen LogP contribution < -0.4 is 21.5 Å². The molecule has 0 fully saturated rings. The smallest absolute Gasteiger partial charge is 0.132 e. The summed E-state index contributed by atoms with van der Waals surface area (Å²) in [4.78, 5) is 3.93. The number of hydrogen-bond donors (Lipinski definition) is 2. The van der Waals surface area contributed by atoms with Gasteiger partial charge in [0.2, 0.25) is 0 Å². The highest BCUT2D eigenvalue weighted by Gasteiger charge is 1.88. The average molecular weight is 149 g/mol. The molecule has 0 aliphatic carbocycles. The summed E-state index contributed by atoms with van der Waals surface area (Å²) in [6.45, 7) is 3.81. The Labute approximate surface area is 65.3 Å². The molecule has 0 aliphatic heterocycles. The van der Waals surface area contributed by atoms with Crippen LogP contribution >= 0.6 is 0 Å². The monoisotopic (exact) mass is 149 g/mol. The van der Waals surface area contributed by atoms with Gasteiger partial charge in [0.1, 0.15) is 5.82 Å². The molecular weight excluding hydrogens is 138 g/mol. The van der Waals surface area contributed by atoms with Gasteiger partial charge in [-0.25, -0.2) is 4.98 Å². The molecule has 1 heterocycles. The van der Waals surface area contributed by atoms with Gasteiger partial charge in [-0.05, 0) is 11.3 Å². The molecule has 1 rings (SSSR count). The van der Waals surface area contributed by atoms with Crippen LogP contribution in [0, 0.1) is 0 Å². The van der Waals surface area contributed by atoms with E-state index in [1.165, 1.54) is 0 Å². The second kappa shape index (κ2) is 3.05. The lowest BCUT2D eigenvalue weighted by atomic mass is 10.3. The summed E-state index contributed by atoms with van der Waals surface area (Å²) in [6, 6.07) is 1.82. The summed E-state index contributed by atoms with van der Waals surface area (Å²) in [5.74, 6) is 0.506. The van der Waals surface area contributed by atoms with E-state index in [-0.39, 0.29) is 0 Å². The lowest BCUT2D eigenvalue weighted by Gasteiger charge is -1.93. The van der Waals surface area contributed by atoms with Crippen LogP contribution in [0.4, 0.5) is 5.82 Å². The molecule has 0 unspecified atom stereocenters. The van der Waals surface area contributed by atoms with Crippen LogP contribution in [0.25, 0.3) is 12.8 Å². The summed E-state index contributed by atoms with van der Waals surface area (Å²) in [7, 11) is 1.81. The number of nitrogen functional groups attached to an aromatic ring is 1. The molecule has 1 aromatic rings. The Morgan fingerprint density at radius 3 is 3.00 bits per heavy atom. The molecule has 0 aromatic carbocycles. The summed E-state index contributed by atoms with van der Waals surface area (Å²) < 4.78 is 0. The number of nitrogens with two attached hydrogens (primary N) is 1. The number of anilines is 1. The molecule has 0 bridgehead atoms. The second-order valence-electron chi connectivity index (χ2n) is 2.20. The van der Waals surface area contributed by atoms with Gasteiger partial charge in [0, 0.05) is 24.7 Å². The van der Waals surface area contributed by atoms with Crippen LogP contribution in [0.15, 0.2) is 12.3 Å². The Bertz CT molecular complexity index is 343. The van der Waals surface area contributed by atoms with E-state index >= 15 is 0 Å². The van der Waals surface area contributed by atoms with Crippen molar-refractivity contribution in [3.05, 3.63) is 22.7 Å². The van der Waals surface area contributed by atoms with Gasteiger partial charge in [0.25, 0.3) is 0 Å². The molecule has 3 nitrogen and oxygen atoms in total. The Hall–Kier alpha value is -1.51. The van der Waals surface area contributed by atoms with Gasteiger partial charge in [0.05, 0.1) is 0 Å². The maximum absolute atomic E-state index is 5.59. The molecule has 1 aromatic heterocycles. The van der Waals surface area contributed by atoms with Crippen LogP contribution in [-0.4, -0.2) is 12.0 Å². The fourth-order valence-electron chi connectivity index (χ4n) is 0.842. The van der Waals surface area contributed by atoms with Gasteiger partial charge in [-0.2, -0.15) is 0 Å². The minimum atomic E-state index is 0.506. The largest absolute Gasteiger partial charge is 0.393 e. The van der Waals surface area contributed by atoms with Gasteiger partial charge < -0.3 is 11.1 Å². The Balaban J connectivity index is 3.45. The van der Waals surface area contributed by atoms with E-state index in [4.69, 9.17) is 5.73 Å². The molecule has 0 amide bonds. The van der Waals surface area contributed by atoms with E-state index in [2.05, 4.69) is 16.9 Å². The van der Waals surface area contributed by atoms with Crippen LogP contribution in [0.2, 0.25) is 0 Å². The zero-order valence-corrected chi connectivity index (χ0v) is 6.46. The number of pyridine rings is 1. The Morgan fingerprint density at radius 2 is 2.45 bits per heavy atom. The minimum absolute atomic E-state index is 0.506. The Kier molecular flexibility index (Phi) is 2.11. The molecule has 0 radical (unpaired) electrons. The summed E-state index contributed by atoms with van der Waals surface area (Å²) in [5, 5.41) is 4.62. The predicted molar refractivity (Wildman–Crippen MR) is 46.9 cm³/mol. The van der Waals surface area contributed by atoms with Crippen LogP contribution in [0.1, 0.15) is 0 Å². The second-order valence-corrected chi connectivity index (χ2v) is 2.20. The summed E-state index contributed by atoms with van der Waals surface area (Å²) in [5.41, 5.74) is 5.59. The van der Waals surface area contributed by atoms with Crippen molar-refractivity contribution in [3.63, 3.8) is 0 Å². The third-order valence-electron chi connectivity index (χ3n) is 1.40. The lowest BCUT2D eigenvalue weighted by molar-refractivity contribution is 1.16. The van der Waals surface area contributed by atoms with Gasteiger partial charge in [-0.3, -0.25) is 0 Å². The van der Waals surface area contributed by atoms with E-state index in [0.717, 1.165) is 10.4 Å². The third-order valence-corrected chi connectivity index (χ3v) is 1.40. The van der Waals surface area contributed by atoms with Crippen molar-refractivity contribution in [3.8, 4) is 0 Å². The number of hydrogen-bond acceptors (Lipinski definition) is 3. The minimum Gasteiger partial charge on any atom is -0.393 e. The van der Waals surface area contributed by atoms with Gasteiger partial charge in [0.15, 0.2) is 0 Å². The number of rotatable bonds is 1. The fraction of sp³-hybridized carbons (Fsp3) is 0.125. The molecule has 0 atom stereocenters. The molecule has 0 spiro atoms. The molecule has 0 aliphatic rings. The zero-order chi connectivity index (χ0) is 8.27. The van der Waals surface area contributed by atoms with Crippen molar-refractivity contribution in [2.45, 2.75) is 0 Å². The first kappa shape index (κ1) is 7.60. The first-order chi connectivity index (χ1) is 5.25. The van der Waals surface area contributed by atoms with E-state index in [1.807, 2.05) is 13.1 Å². The topological polar surface area (TPSA) is 50.9 Å². The van der Waals surface area contributed by atoms with Gasteiger partial charge >= 0.3 is 0 Å². The van der Waals surface area contributed by atoms with Crippen molar-refractivity contribution in [1.82, 2.24) is 10.3 Å². The maximum Gasteiger partial charge on any atom is 0.132 e. The molecule has 3 heteroatoms. The highest BCUT2D eigenvalue weighted by atomic mass is 14.8. The van der Waals surface area contributed by atoms with Crippen LogP contribution in [-0.2, 0) is 0 Å². The van der Waals surface area contributed by atoms with Gasteiger partial charge in [-0.15, -0.1) is 0 Å². The van der Waals surface area contributed by atoms with Crippen molar-refractivity contribution in [2.75, 3.05) is 12.8 Å². The average Bonchev–Trinajstić information content (AvgIpc) is 1.97. The van der Waals surface area contributed by atoms with Crippen LogP contribution in [0.5, 0.6) is 0 Å². The molecular formula is C8H11N3. The molecule has 0 saturated heterocycles. The first-order valence-electron chi connectivity index (χ1n) is 3.32. The number of nitrogens with one attached hydrogen (secondary N) is 1. The molecule has 11 heavy (non-hydrogen) atoms. The highest BCUT2D eigenvalue weighted by Crippen LogP contribution is 1.76. The standard InChI is InChI=1S/C8H11N3/c1-6-3-4-11-8(9)7(6)5-10-2/h3-5,10H,1H2,2H3,(H2,9,11)/b7-5+. The van der Waals surface area contributed by atoms with E-state index in [0.29, 0.717) is 5.82 Å². The zero-order valence-electron chi connectivity index (χ0n) is 6.46. The molecule has 3 N–H and O–H groups in total. The van der Waals surface area contributed by atoms with Crippen molar-refractivity contribution >= 4 is 18.6 Å². The molecule has 58 valence electrons. The van der Waals surface area contributed by atoms with E-state index in [1.54, 1.807) is 12.4 Å². The van der Waals surface area contributed by atoms with Gasteiger partial charge in [-0.1, -0.05) is 6.58 Å². The summed E-state index contributed by atoms with van der Waals surface area (Å²) in [6.07, 6.45) is 3.43. The quantitative estimate of drug-likeness (QED) is 0.540. The number of nitrogens with zero attached hydrogens (tertiary/aromatic N) is 1. The fourth-order valence-corrected chi connectivity index (χ4v) is 0.842.